The summed E-state index contributed by atoms with van der Waals surface area (Å²) in [5.41, 5.74) is 3.41. The molecule has 0 amide bonds. The summed E-state index contributed by atoms with van der Waals surface area (Å²) in [5.74, 6) is 0. The Morgan fingerprint density at radius 1 is 1.29 bits per heavy atom. The van der Waals surface area contributed by atoms with Gasteiger partial charge in [0.2, 0.25) is 0 Å². The molecule has 2 aromatic rings. The van der Waals surface area contributed by atoms with Crippen LogP contribution >= 0.6 is 22.9 Å². The number of nitrogens with zero attached hydrogens (tertiary/aromatic N) is 1. The van der Waals surface area contributed by atoms with E-state index in [0.717, 1.165) is 34.4 Å². The lowest BCUT2D eigenvalue weighted by molar-refractivity contribution is 0.682. The van der Waals surface area contributed by atoms with Crippen LogP contribution in [0.5, 0.6) is 0 Å². The molecule has 0 fully saturated rings. The van der Waals surface area contributed by atoms with Crippen LogP contribution < -0.4 is 5.32 Å². The molecule has 0 atom stereocenters. The zero-order valence-electron chi connectivity index (χ0n) is 9.96. The lowest BCUT2D eigenvalue weighted by Crippen LogP contribution is -2.13. The van der Waals surface area contributed by atoms with Crippen molar-refractivity contribution in [3.05, 3.63) is 50.4 Å². The normalized spacial score (nSPS) is 10.8. The Kier molecular flexibility index (Phi) is 4.15. The van der Waals surface area contributed by atoms with Crippen molar-refractivity contribution in [2.75, 3.05) is 0 Å². The summed E-state index contributed by atoms with van der Waals surface area (Å²) in [4.78, 5) is 4.40. The number of rotatable bonds is 4. The minimum Gasteiger partial charge on any atom is -0.307 e. The average Bonchev–Trinajstić information content (AvgIpc) is 2.68. The maximum absolute atomic E-state index is 6.16. The molecule has 0 aliphatic rings. The van der Waals surface area contributed by atoms with E-state index >= 15 is 0 Å². The summed E-state index contributed by atoms with van der Waals surface area (Å²) in [7, 11) is 0. The van der Waals surface area contributed by atoms with Crippen LogP contribution in [0.25, 0.3) is 0 Å². The second-order valence-electron chi connectivity index (χ2n) is 4.06. The largest absolute Gasteiger partial charge is 0.307 e. The fourth-order valence-corrected chi connectivity index (χ4v) is 2.52. The fraction of sp³-hybridized carbons (Fsp3) is 0.308. The Labute approximate surface area is 111 Å². The van der Waals surface area contributed by atoms with E-state index in [-0.39, 0.29) is 0 Å². The van der Waals surface area contributed by atoms with Crippen LogP contribution in [0.2, 0.25) is 5.02 Å². The van der Waals surface area contributed by atoms with Crippen molar-refractivity contribution in [2.24, 2.45) is 0 Å². The van der Waals surface area contributed by atoms with Crippen molar-refractivity contribution in [1.29, 1.82) is 0 Å². The van der Waals surface area contributed by atoms with Gasteiger partial charge in [0.25, 0.3) is 0 Å². The Hall–Kier alpha value is -0.900. The number of aromatic nitrogens is 1. The molecule has 1 N–H and O–H groups in total. The van der Waals surface area contributed by atoms with Crippen LogP contribution in [-0.2, 0) is 13.1 Å². The van der Waals surface area contributed by atoms with Gasteiger partial charge < -0.3 is 5.32 Å². The maximum Gasteiger partial charge on any atom is 0.0897 e. The number of hydrogen-bond donors (Lipinski definition) is 1. The van der Waals surface area contributed by atoms with Gasteiger partial charge in [0.15, 0.2) is 0 Å². The van der Waals surface area contributed by atoms with Gasteiger partial charge in [-0.15, -0.1) is 11.3 Å². The maximum atomic E-state index is 6.16. The predicted octanol–water partition coefficient (Wildman–Crippen LogP) is 3.70. The molecule has 0 radical (unpaired) electrons. The molecule has 4 heteroatoms. The SMILES string of the molecule is Cc1ccc(CNCc2csc(C)n2)c(Cl)c1. The van der Waals surface area contributed by atoms with Crippen LogP contribution in [0.4, 0.5) is 0 Å². The van der Waals surface area contributed by atoms with Crippen LogP contribution in [0, 0.1) is 13.8 Å². The summed E-state index contributed by atoms with van der Waals surface area (Å²) in [6.45, 7) is 5.62. The van der Waals surface area contributed by atoms with Crippen molar-refractivity contribution in [1.82, 2.24) is 10.3 Å². The van der Waals surface area contributed by atoms with Gasteiger partial charge in [0, 0.05) is 23.5 Å². The second kappa shape index (κ2) is 5.63. The molecule has 0 aliphatic heterocycles. The summed E-state index contributed by atoms with van der Waals surface area (Å²) < 4.78 is 0. The molecule has 0 saturated heterocycles. The summed E-state index contributed by atoms with van der Waals surface area (Å²) in [6, 6.07) is 6.14. The van der Waals surface area contributed by atoms with Gasteiger partial charge in [-0.2, -0.15) is 0 Å². The number of benzene rings is 1. The van der Waals surface area contributed by atoms with E-state index in [1.807, 2.05) is 19.9 Å². The highest BCUT2D eigenvalue weighted by atomic mass is 35.5. The average molecular weight is 267 g/mol. The molecular weight excluding hydrogens is 252 g/mol. The third-order valence-corrected chi connectivity index (χ3v) is 3.67. The second-order valence-corrected chi connectivity index (χ2v) is 5.53. The van der Waals surface area contributed by atoms with Crippen molar-refractivity contribution >= 4 is 22.9 Å². The van der Waals surface area contributed by atoms with Crippen LogP contribution in [0.15, 0.2) is 23.6 Å². The molecule has 2 rings (SSSR count). The number of thiazole rings is 1. The first-order valence-electron chi connectivity index (χ1n) is 5.52. The molecule has 1 aromatic carbocycles. The molecule has 17 heavy (non-hydrogen) atoms. The zero-order chi connectivity index (χ0) is 12.3. The number of aryl methyl sites for hydroxylation is 2. The highest BCUT2D eigenvalue weighted by molar-refractivity contribution is 7.09. The van der Waals surface area contributed by atoms with Crippen LogP contribution in [-0.4, -0.2) is 4.98 Å². The monoisotopic (exact) mass is 266 g/mol. The first kappa shape index (κ1) is 12.6. The molecule has 0 saturated carbocycles. The topological polar surface area (TPSA) is 24.9 Å². The number of hydrogen-bond acceptors (Lipinski definition) is 3. The summed E-state index contributed by atoms with van der Waals surface area (Å²) >= 11 is 7.84. The van der Waals surface area contributed by atoms with E-state index in [1.165, 1.54) is 5.56 Å². The van der Waals surface area contributed by atoms with E-state index in [9.17, 15) is 0 Å². The molecule has 0 aliphatic carbocycles. The molecular formula is C13H15ClN2S. The van der Waals surface area contributed by atoms with E-state index in [0.29, 0.717) is 0 Å². The number of halogens is 1. The Balaban J connectivity index is 1.90. The van der Waals surface area contributed by atoms with Gasteiger partial charge in [-0.3, -0.25) is 0 Å². The standard InChI is InChI=1S/C13H15ClN2S/c1-9-3-4-11(13(14)5-9)6-15-7-12-8-17-10(2)16-12/h3-5,8,15H,6-7H2,1-2H3. The van der Waals surface area contributed by atoms with Crippen molar-refractivity contribution in [3.8, 4) is 0 Å². The summed E-state index contributed by atoms with van der Waals surface area (Å²) in [6.07, 6.45) is 0. The van der Waals surface area contributed by atoms with Crippen molar-refractivity contribution in [2.45, 2.75) is 26.9 Å². The van der Waals surface area contributed by atoms with Gasteiger partial charge in [0.1, 0.15) is 0 Å². The molecule has 0 unspecified atom stereocenters. The van der Waals surface area contributed by atoms with Gasteiger partial charge in [-0.05, 0) is 31.0 Å². The lowest BCUT2D eigenvalue weighted by Gasteiger charge is -2.06. The lowest BCUT2D eigenvalue weighted by atomic mass is 10.1. The summed E-state index contributed by atoms with van der Waals surface area (Å²) in [5, 5.41) is 7.37. The zero-order valence-corrected chi connectivity index (χ0v) is 11.5. The van der Waals surface area contributed by atoms with Gasteiger partial charge in [0.05, 0.1) is 10.7 Å². The molecule has 0 spiro atoms. The van der Waals surface area contributed by atoms with E-state index in [1.54, 1.807) is 11.3 Å². The van der Waals surface area contributed by atoms with Crippen molar-refractivity contribution in [3.63, 3.8) is 0 Å². The predicted molar refractivity (Wildman–Crippen MR) is 73.6 cm³/mol. The third-order valence-electron chi connectivity index (χ3n) is 2.50. The molecule has 90 valence electrons. The third kappa shape index (κ3) is 3.53. The van der Waals surface area contributed by atoms with E-state index < -0.39 is 0 Å². The quantitative estimate of drug-likeness (QED) is 0.913. The first-order chi connectivity index (χ1) is 8.15. The molecule has 0 bridgehead atoms. The number of nitrogens with one attached hydrogen (secondary N) is 1. The van der Waals surface area contributed by atoms with Gasteiger partial charge >= 0.3 is 0 Å². The highest BCUT2D eigenvalue weighted by Gasteiger charge is 2.01. The van der Waals surface area contributed by atoms with Gasteiger partial charge in [-0.1, -0.05) is 23.7 Å². The smallest absolute Gasteiger partial charge is 0.0897 e. The first-order valence-corrected chi connectivity index (χ1v) is 6.77. The molecule has 2 nitrogen and oxygen atoms in total. The van der Waals surface area contributed by atoms with Crippen LogP contribution in [0.1, 0.15) is 21.8 Å². The highest BCUT2D eigenvalue weighted by Crippen LogP contribution is 2.17. The van der Waals surface area contributed by atoms with Crippen LogP contribution in [0.3, 0.4) is 0 Å². The Bertz CT molecular complexity index is 508. The Morgan fingerprint density at radius 2 is 2.12 bits per heavy atom. The fourth-order valence-electron chi connectivity index (χ4n) is 1.61. The minimum atomic E-state index is 0.773. The van der Waals surface area contributed by atoms with E-state index in [4.69, 9.17) is 11.6 Å². The van der Waals surface area contributed by atoms with E-state index in [2.05, 4.69) is 27.8 Å². The molecule has 1 heterocycles. The minimum absolute atomic E-state index is 0.773. The molecule has 1 aromatic heterocycles. The van der Waals surface area contributed by atoms with Gasteiger partial charge in [-0.25, -0.2) is 4.98 Å². The Morgan fingerprint density at radius 3 is 2.76 bits per heavy atom. The van der Waals surface area contributed by atoms with Crippen molar-refractivity contribution < 1.29 is 0 Å².